The highest BCUT2D eigenvalue weighted by Crippen LogP contribution is 2.31. The van der Waals surface area contributed by atoms with Crippen LogP contribution in [0.15, 0.2) is 60.0 Å². The maximum Gasteiger partial charge on any atom is 0.240 e. The molecule has 2 aromatic carbocycles. The van der Waals surface area contributed by atoms with Crippen molar-refractivity contribution in [2.24, 2.45) is 0 Å². The van der Waals surface area contributed by atoms with Crippen LogP contribution in [0.4, 0.5) is 0 Å². The van der Waals surface area contributed by atoms with Crippen LogP contribution in [0.3, 0.4) is 0 Å². The minimum Gasteiger partial charge on any atom is -0.490 e. The average Bonchev–Trinajstić information content (AvgIpc) is 3.20. The predicted octanol–water partition coefficient (Wildman–Crippen LogP) is 1.47. The molecule has 3 aromatic rings. The number of fused-ring (bicyclic) bond motifs is 1. The zero-order valence-corrected chi connectivity index (χ0v) is 18.8. The first kappa shape index (κ1) is 22.7. The number of benzene rings is 2. The molecule has 2 heterocycles. The van der Waals surface area contributed by atoms with Gasteiger partial charge >= 0.3 is 0 Å². The Kier molecular flexibility index (Phi) is 7.20. The van der Waals surface area contributed by atoms with Gasteiger partial charge in [0.2, 0.25) is 15.9 Å². The molecule has 1 aromatic heterocycles. The van der Waals surface area contributed by atoms with Gasteiger partial charge in [-0.1, -0.05) is 24.3 Å². The summed E-state index contributed by atoms with van der Waals surface area (Å²) < 4.78 is 40.5. The van der Waals surface area contributed by atoms with Crippen LogP contribution in [-0.2, 0) is 27.9 Å². The van der Waals surface area contributed by atoms with Crippen LogP contribution >= 0.6 is 0 Å². The Hall–Kier alpha value is -3.44. The van der Waals surface area contributed by atoms with Crippen molar-refractivity contribution in [2.75, 3.05) is 19.8 Å². The third kappa shape index (κ3) is 6.08. The highest BCUT2D eigenvalue weighted by molar-refractivity contribution is 7.89. The molecule has 11 heteroatoms. The molecule has 0 saturated carbocycles. The second-order valence-corrected chi connectivity index (χ2v) is 9.21. The fraction of sp³-hybridized carbons (Fsp3) is 0.318. The van der Waals surface area contributed by atoms with E-state index in [-0.39, 0.29) is 23.8 Å². The van der Waals surface area contributed by atoms with Crippen LogP contribution in [0, 0.1) is 0 Å². The summed E-state index contributed by atoms with van der Waals surface area (Å²) >= 11 is 0. The number of carbonyl (C=O) groups excluding carboxylic acids is 1. The normalized spacial score (nSPS) is 13.3. The first-order valence-corrected chi connectivity index (χ1v) is 12.0. The van der Waals surface area contributed by atoms with Crippen molar-refractivity contribution in [2.45, 2.75) is 30.8 Å². The van der Waals surface area contributed by atoms with Crippen LogP contribution in [-0.4, -0.2) is 48.8 Å². The monoisotopic (exact) mass is 471 g/mol. The Morgan fingerprint density at radius 3 is 2.64 bits per heavy atom. The molecule has 33 heavy (non-hydrogen) atoms. The van der Waals surface area contributed by atoms with Gasteiger partial charge in [0.1, 0.15) is 12.7 Å². The molecule has 0 saturated heterocycles. The second kappa shape index (κ2) is 10.5. The quantitative estimate of drug-likeness (QED) is 0.484. The number of amides is 1. The lowest BCUT2D eigenvalue weighted by Crippen LogP contribution is -2.30. The number of ether oxygens (including phenoxy) is 2. The molecule has 1 aliphatic rings. The van der Waals surface area contributed by atoms with Crippen molar-refractivity contribution in [1.29, 1.82) is 0 Å². The number of carbonyl (C=O) groups is 1. The van der Waals surface area contributed by atoms with Crippen molar-refractivity contribution in [3.8, 4) is 11.5 Å². The Labute approximate surface area is 192 Å². The van der Waals surface area contributed by atoms with Crippen LogP contribution in [0.25, 0.3) is 0 Å². The van der Waals surface area contributed by atoms with Gasteiger partial charge < -0.3 is 14.8 Å². The maximum absolute atomic E-state index is 12.6. The van der Waals surface area contributed by atoms with Crippen LogP contribution in [0.1, 0.15) is 24.0 Å². The van der Waals surface area contributed by atoms with Gasteiger partial charge in [-0.3, -0.25) is 4.79 Å². The van der Waals surface area contributed by atoms with Gasteiger partial charge in [0, 0.05) is 32.0 Å². The lowest BCUT2D eigenvalue weighted by Gasteiger charge is -2.12. The summed E-state index contributed by atoms with van der Waals surface area (Å²) in [6.07, 6.45) is 3.84. The van der Waals surface area contributed by atoms with Gasteiger partial charge in [-0.2, -0.15) is 5.10 Å². The largest absolute Gasteiger partial charge is 0.490 e. The molecule has 0 fully saturated rings. The summed E-state index contributed by atoms with van der Waals surface area (Å²) in [5, 5.41) is 6.94. The predicted molar refractivity (Wildman–Crippen MR) is 119 cm³/mol. The smallest absolute Gasteiger partial charge is 0.240 e. The van der Waals surface area contributed by atoms with Crippen molar-refractivity contribution in [3.05, 3.63) is 66.2 Å². The zero-order valence-electron chi connectivity index (χ0n) is 17.9. The molecule has 0 spiro atoms. The highest BCUT2D eigenvalue weighted by Gasteiger charge is 2.19. The van der Waals surface area contributed by atoms with E-state index in [0.29, 0.717) is 37.8 Å². The summed E-state index contributed by atoms with van der Waals surface area (Å²) in [6.45, 7) is 1.84. The molecule has 4 rings (SSSR count). The molecule has 0 atom stereocenters. The van der Waals surface area contributed by atoms with Crippen molar-refractivity contribution < 1.29 is 22.7 Å². The molecule has 0 bridgehead atoms. The van der Waals surface area contributed by atoms with Gasteiger partial charge in [0.25, 0.3) is 0 Å². The second-order valence-electron chi connectivity index (χ2n) is 7.45. The average molecular weight is 472 g/mol. The molecule has 1 aliphatic heterocycles. The number of aromatic nitrogens is 3. The summed E-state index contributed by atoms with van der Waals surface area (Å²) in [6, 6.07) is 12.2. The number of hydrogen-bond donors (Lipinski definition) is 2. The van der Waals surface area contributed by atoms with Crippen molar-refractivity contribution >= 4 is 15.9 Å². The first-order valence-electron chi connectivity index (χ1n) is 10.6. The molecule has 0 radical (unpaired) electrons. The number of hydrogen-bond acceptors (Lipinski definition) is 7. The number of nitrogens with one attached hydrogen (secondary N) is 2. The minimum absolute atomic E-state index is 0.00895. The van der Waals surface area contributed by atoms with E-state index in [2.05, 4.69) is 20.1 Å². The van der Waals surface area contributed by atoms with Gasteiger partial charge in [0.05, 0.1) is 24.7 Å². The summed E-state index contributed by atoms with van der Waals surface area (Å²) in [4.78, 5) is 16.3. The zero-order chi connectivity index (χ0) is 23.1. The topological polar surface area (TPSA) is 124 Å². The molecule has 0 unspecified atom stereocenters. The molecule has 2 N–H and O–H groups in total. The minimum atomic E-state index is -3.79. The lowest BCUT2D eigenvalue weighted by atomic mass is 10.1. The van der Waals surface area contributed by atoms with Gasteiger partial charge in [-0.15, -0.1) is 0 Å². The van der Waals surface area contributed by atoms with Crippen LogP contribution in [0.5, 0.6) is 11.5 Å². The summed E-state index contributed by atoms with van der Waals surface area (Å²) in [7, 11) is -3.79. The highest BCUT2D eigenvalue weighted by atomic mass is 32.2. The van der Waals surface area contributed by atoms with Crippen molar-refractivity contribution in [3.63, 3.8) is 0 Å². The molecule has 174 valence electrons. The standard InChI is InChI=1S/C22H25N5O5S/c28-22(24-13-17-4-1-2-5-18(17)14-27-16-23-15-25-27)8-9-26-33(29,30)19-6-7-20-21(12-19)32-11-3-10-31-20/h1-2,4-7,12,15-16,26H,3,8-11,13-14H2,(H,24,28). The molecular weight excluding hydrogens is 446 g/mol. The van der Waals surface area contributed by atoms with E-state index in [0.717, 1.165) is 17.5 Å². The van der Waals surface area contributed by atoms with Gasteiger partial charge in [0.15, 0.2) is 11.5 Å². The summed E-state index contributed by atoms with van der Waals surface area (Å²) in [5.41, 5.74) is 1.97. The van der Waals surface area contributed by atoms with E-state index in [1.165, 1.54) is 18.5 Å². The van der Waals surface area contributed by atoms with Crippen LogP contribution in [0.2, 0.25) is 0 Å². The third-order valence-corrected chi connectivity index (χ3v) is 6.53. The fourth-order valence-electron chi connectivity index (χ4n) is 3.35. The van der Waals surface area contributed by atoms with E-state index in [1.807, 2.05) is 24.3 Å². The maximum atomic E-state index is 12.6. The Morgan fingerprint density at radius 1 is 1.06 bits per heavy atom. The number of rotatable bonds is 9. The summed E-state index contributed by atoms with van der Waals surface area (Å²) in [5.74, 6) is 0.666. The van der Waals surface area contributed by atoms with E-state index in [4.69, 9.17) is 9.47 Å². The number of sulfonamides is 1. The van der Waals surface area contributed by atoms with Crippen LogP contribution < -0.4 is 19.5 Å². The van der Waals surface area contributed by atoms with Gasteiger partial charge in [-0.25, -0.2) is 22.8 Å². The first-order chi connectivity index (χ1) is 16.0. The molecule has 10 nitrogen and oxygen atoms in total. The van der Waals surface area contributed by atoms with E-state index in [1.54, 1.807) is 17.1 Å². The fourth-order valence-corrected chi connectivity index (χ4v) is 4.40. The van der Waals surface area contributed by atoms with Crippen molar-refractivity contribution in [1.82, 2.24) is 24.8 Å². The molecular formula is C22H25N5O5S. The van der Waals surface area contributed by atoms with Gasteiger partial charge in [-0.05, 0) is 23.3 Å². The number of nitrogens with zero attached hydrogens (tertiary/aromatic N) is 3. The Bertz CT molecular complexity index is 1200. The van der Waals surface area contributed by atoms with E-state index < -0.39 is 10.0 Å². The Morgan fingerprint density at radius 2 is 1.85 bits per heavy atom. The molecule has 0 aliphatic carbocycles. The lowest BCUT2D eigenvalue weighted by molar-refractivity contribution is -0.121. The van der Waals surface area contributed by atoms with E-state index >= 15 is 0 Å². The molecule has 1 amide bonds. The van der Waals surface area contributed by atoms with E-state index in [9.17, 15) is 13.2 Å². The third-order valence-electron chi connectivity index (χ3n) is 5.07. The Balaban J connectivity index is 1.28. The SMILES string of the molecule is O=C(CCNS(=O)(=O)c1ccc2c(c1)OCCCO2)NCc1ccccc1Cn1cncn1.